The Morgan fingerprint density at radius 3 is 2.57 bits per heavy atom. The van der Waals surface area contributed by atoms with Gasteiger partial charge in [0, 0.05) is 0 Å². The van der Waals surface area contributed by atoms with Crippen LogP contribution in [0.1, 0.15) is 31.7 Å². The fourth-order valence-electron chi connectivity index (χ4n) is 1.35. The standard InChI is InChI=1S/C11H13F2.Ti/c1-2-3-4-5-9-6-7-10(12)8-11(9)13;/h6-7H,2-5H2,1H3;. The van der Waals surface area contributed by atoms with Gasteiger partial charge in [-0.25, -0.2) is 0 Å². The van der Waals surface area contributed by atoms with E-state index in [4.69, 9.17) is 0 Å². The van der Waals surface area contributed by atoms with Gasteiger partial charge in [-0.3, -0.25) is 0 Å². The summed E-state index contributed by atoms with van der Waals surface area (Å²) in [4.78, 5) is 0. The molecular formula is C11H13F2Ti. The summed E-state index contributed by atoms with van der Waals surface area (Å²) in [7, 11) is 0. The number of unbranched alkanes of at least 4 members (excludes halogenated alkanes) is 2. The van der Waals surface area contributed by atoms with Crippen molar-refractivity contribution in [2.75, 3.05) is 0 Å². The van der Waals surface area contributed by atoms with Gasteiger partial charge in [-0.05, 0) is 0 Å². The second-order valence-corrected chi connectivity index (χ2v) is 4.13. The molecule has 0 amide bonds. The van der Waals surface area contributed by atoms with Gasteiger partial charge >= 0.3 is 95.0 Å². The number of halogens is 2. The summed E-state index contributed by atoms with van der Waals surface area (Å²) in [5, 5.41) is 0. The molecule has 75 valence electrons. The molecule has 0 N–H and O–H groups in total. The van der Waals surface area contributed by atoms with E-state index in [0.717, 1.165) is 19.3 Å². The van der Waals surface area contributed by atoms with Crippen molar-refractivity contribution in [1.29, 1.82) is 0 Å². The van der Waals surface area contributed by atoms with Gasteiger partial charge in [-0.1, -0.05) is 0 Å². The number of hydrogen-bond donors (Lipinski definition) is 0. The average molecular weight is 231 g/mol. The van der Waals surface area contributed by atoms with Crippen LogP contribution in [0.3, 0.4) is 0 Å². The zero-order valence-corrected chi connectivity index (χ0v) is 9.80. The molecule has 0 aliphatic heterocycles. The average Bonchev–Trinajstić information content (AvgIpc) is 2.18. The van der Waals surface area contributed by atoms with Crippen LogP contribution in [-0.2, 0) is 26.9 Å². The van der Waals surface area contributed by atoms with E-state index in [1.165, 1.54) is 26.5 Å². The molecule has 0 aliphatic carbocycles. The van der Waals surface area contributed by atoms with Crippen molar-refractivity contribution in [3.05, 3.63) is 29.3 Å². The van der Waals surface area contributed by atoms with Gasteiger partial charge in [0.15, 0.2) is 0 Å². The molecule has 0 heterocycles. The summed E-state index contributed by atoms with van der Waals surface area (Å²) in [5.74, 6) is -0.831. The third-order valence-corrected chi connectivity index (χ3v) is 2.94. The van der Waals surface area contributed by atoms with E-state index in [1.807, 2.05) is 0 Å². The molecule has 1 aromatic carbocycles. The van der Waals surface area contributed by atoms with Gasteiger partial charge in [0.1, 0.15) is 0 Å². The summed E-state index contributed by atoms with van der Waals surface area (Å²) in [6.07, 6.45) is 3.89. The topological polar surface area (TPSA) is 0 Å². The first kappa shape index (κ1) is 11.9. The zero-order valence-electron chi connectivity index (χ0n) is 8.24. The summed E-state index contributed by atoms with van der Waals surface area (Å²) in [6, 6.07) is 2.90. The molecule has 0 aromatic heterocycles. The molecule has 3 heteroatoms. The van der Waals surface area contributed by atoms with Crippen molar-refractivity contribution in [3.63, 3.8) is 0 Å². The zero-order chi connectivity index (χ0) is 10.6. The maximum absolute atomic E-state index is 13.4. The molecule has 0 saturated carbocycles. The first-order valence-corrected chi connectivity index (χ1v) is 5.63. The number of benzene rings is 1. The maximum atomic E-state index is 13.4. The molecular weight excluding hydrogens is 218 g/mol. The van der Waals surface area contributed by atoms with E-state index in [-0.39, 0.29) is 9.69 Å². The molecule has 0 saturated heterocycles. The van der Waals surface area contributed by atoms with Crippen LogP contribution in [0.25, 0.3) is 0 Å². The predicted octanol–water partition coefficient (Wildman–Crippen LogP) is 2.87. The van der Waals surface area contributed by atoms with Crippen molar-refractivity contribution in [3.8, 4) is 0 Å². The molecule has 14 heavy (non-hydrogen) atoms. The Balaban J connectivity index is 2.73. The van der Waals surface area contributed by atoms with Gasteiger partial charge < -0.3 is 0 Å². The molecule has 0 unspecified atom stereocenters. The fraction of sp³-hybridized carbons (Fsp3) is 0.455. The second kappa shape index (κ2) is 5.62. The van der Waals surface area contributed by atoms with Crippen molar-refractivity contribution in [1.82, 2.24) is 0 Å². The summed E-state index contributed by atoms with van der Waals surface area (Å²) in [5.41, 5.74) is 0.636. The van der Waals surface area contributed by atoms with Crippen LogP contribution in [0.4, 0.5) is 8.78 Å². The first-order chi connectivity index (χ1) is 6.66. The molecule has 0 nitrogen and oxygen atoms in total. The van der Waals surface area contributed by atoms with Crippen LogP contribution in [0.15, 0.2) is 12.1 Å². The molecule has 0 spiro atoms. The molecule has 0 fully saturated rings. The van der Waals surface area contributed by atoms with Crippen molar-refractivity contribution < 1.29 is 29.2 Å². The molecule has 0 bridgehead atoms. The fourth-order valence-corrected chi connectivity index (χ4v) is 1.74. The van der Waals surface area contributed by atoms with Gasteiger partial charge in [0.05, 0.1) is 0 Å². The summed E-state index contributed by atoms with van der Waals surface area (Å²) >= 11 is 1.48. The normalized spacial score (nSPS) is 10.4. The molecule has 0 radical (unpaired) electrons. The minimum absolute atomic E-state index is 0.138. The molecule has 0 atom stereocenters. The van der Waals surface area contributed by atoms with Crippen LogP contribution in [-0.4, -0.2) is 0 Å². The molecule has 0 aliphatic rings. The SMILES string of the molecule is CCCCCc1ccc(F)[c]([Ti])c1F. The van der Waals surface area contributed by atoms with Crippen LogP contribution in [0.2, 0.25) is 0 Å². The number of hydrogen-bond acceptors (Lipinski definition) is 0. The van der Waals surface area contributed by atoms with E-state index in [0.29, 0.717) is 12.0 Å². The van der Waals surface area contributed by atoms with Crippen LogP contribution in [0, 0.1) is 11.6 Å². The van der Waals surface area contributed by atoms with Crippen molar-refractivity contribution >= 4 is 3.87 Å². The van der Waals surface area contributed by atoms with E-state index in [2.05, 4.69) is 6.92 Å². The van der Waals surface area contributed by atoms with E-state index >= 15 is 0 Å². The van der Waals surface area contributed by atoms with E-state index in [9.17, 15) is 8.78 Å². The third kappa shape index (κ3) is 2.89. The summed E-state index contributed by atoms with van der Waals surface area (Å²) < 4.78 is 26.5. The van der Waals surface area contributed by atoms with Gasteiger partial charge in [0.2, 0.25) is 0 Å². The Morgan fingerprint density at radius 1 is 1.21 bits per heavy atom. The molecule has 1 aromatic rings. The predicted molar refractivity (Wildman–Crippen MR) is 49.2 cm³/mol. The molecule has 1 rings (SSSR count). The van der Waals surface area contributed by atoms with Gasteiger partial charge in [-0.15, -0.1) is 0 Å². The minimum atomic E-state index is -0.457. The van der Waals surface area contributed by atoms with E-state index in [1.54, 1.807) is 6.07 Å². The quantitative estimate of drug-likeness (QED) is 0.552. The third-order valence-electron chi connectivity index (χ3n) is 2.22. The van der Waals surface area contributed by atoms with Gasteiger partial charge in [0.25, 0.3) is 0 Å². The van der Waals surface area contributed by atoms with Crippen LogP contribution < -0.4 is 3.87 Å². The van der Waals surface area contributed by atoms with Crippen LogP contribution in [0.5, 0.6) is 0 Å². The monoisotopic (exact) mass is 231 g/mol. The number of aryl methyl sites for hydroxylation is 1. The Labute approximate surface area is 95.1 Å². The Hall–Kier alpha value is -0.206. The Bertz CT molecular complexity index is 310. The van der Waals surface area contributed by atoms with Crippen molar-refractivity contribution in [2.24, 2.45) is 0 Å². The summed E-state index contributed by atoms with van der Waals surface area (Å²) in [6.45, 7) is 2.10. The van der Waals surface area contributed by atoms with E-state index < -0.39 is 5.82 Å². The van der Waals surface area contributed by atoms with Gasteiger partial charge in [-0.2, -0.15) is 0 Å². The van der Waals surface area contributed by atoms with Crippen molar-refractivity contribution in [2.45, 2.75) is 32.6 Å². The Morgan fingerprint density at radius 2 is 1.93 bits per heavy atom. The first-order valence-electron chi connectivity index (χ1n) is 4.85. The van der Waals surface area contributed by atoms with Crippen LogP contribution >= 0.6 is 0 Å². The Kier molecular flexibility index (Phi) is 4.76. The second-order valence-electron chi connectivity index (χ2n) is 3.35. The number of rotatable bonds is 4.